The van der Waals surface area contributed by atoms with Crippen molar-refractivity contribution in [2.75, 3.05) is 19.0 Å². The summed E-state index contributed by atoms with van der Waals surface area (Å²) in [5.74, 6) is -0.111. The number of amides is 1. The zero-order chi connectivity index (χ0) is 16.9. The topological polar surface area (TPSA) is 76.2 Å². The van der Waals surface area contributed by atoms with Gasteiger partial charge in [0.25, 0.3) is 5.91 Å². The van der Waals surface area contributed by atoms with Crippen molar-refractivity contribution in [2.24, 2.45) is 0 Å². The van der Waals surface area contributed by atoms with Crippen LogP contribution in [0, 0.1) is 0 Å². The Labute approximate surface area is 129 Å². The molecule has 9 heteroatoms. The summed E-state index contributed by atoms with van der Waals surface area (Å²) in [6.45, 7) is -0.119. The van der Waals surface area contributed by atoms with Gasteiger partial charge >= 0.3 is 6.18 Å². The Balaban J connectivity index is 1.77. The highest BCUT2D eigenvalue weighted by molar-refractivity contribution is 5.90. The molecule has 23 heavy (non-hydrogen) atoms. The number of hydrogen-bond donors (Lipinski definition) is 2. The first-order valence-electron chi connectivity index (χ1n) is 6.51. The summed E-state index contributed by atoms with van der Waals surface area (Å²) in [4.78, 5) is 11.6. The number of rotatable bonds is 6. The number of halogens is 3. The Bertz CT molecular complexity index is 653. The van der Waals surface area contributed by atoms with E-state index >= 15 is 0 Å². The first kappa shape index (κ1) is 16.8. The Morgan fingerprint density at radius 3 is 2.57 bits per heavy atom. The van der Waals surface area contributed by atoms with E-state index in [2.05, 4.69) is 10.4 Å². The molecule has 2 aromatic rings. The number of aromatic nitrogens is 2. The lowest BCUT2D eigenvalue weighted by molar-refractivity contribution is -0.141. The predicted molar refractivity (Wildman–Crippen MR) is 74.9 cm³/mol. The van der Waals surface area contributed by atoms with Gasteiger partial charge in [-0.1, -0.05) is 12.1 Å². The van der Waals surface area contributed by atoms with Gasteiger partial charge in [0.15, 0.2) is 5.82 Å². The van der Waals surface area contributed by atoms with Gasteiger partial charge in [0.2, 0.25) is 0 Å². The van der Waals surface area contributed by atoms with Gasteiger partial charge in [-0.2, -0.15) is 18.3 Å². The summed E-state index contributed by atoms with van der Waals surface area (Å²) < 4.78 is 47.3. The molecule has 1 heterocycles. The second-order valence-electron chi connectivity index (χ2n) is 4.55. The molecule has 1 amide bonds. The molecule has 6 nitrogen and oxygen atoms in total. The number of nitrogens with one attached hydrogen (secondary N) is 2. The largest absolute Gasteiger partial charge is 0.497 e. The number of alkyl halides is 3. The fraction of sp³-hybridized carbons (Fsp3) is 0.286. The van der Waals surface area contributed by atoms with E-state index < -0.39 is 17.8 Å². The lowest BCUT2D eigenvalue weighted by atomic mass is 10.2. The molecule has 0 atom stereocenters. The smallest absolute Gasteiger partial charge is 0.432 e. The molecule has 0 radical (unpaired) electrons. The van der Waals surface area contributed by atoms with Crippen molar-refractivity contribution in [3.63, 3.8) is 0 Å². The maximum atomic E-state index is 12.4. The van der Waals surface area contributed by atoms with Crippen molar-refractivity contribution in [3.8, 4) is 5.75 Å². The Morgan fingerprint density at radius 1 is 1.30 bits per heavy atom. The first-order valence-corrected chi connectivity index (χ1v) is 6.51. The van der Waals surface area contributed by atoms with E-state index in [-0.39, 0.29) is 19.0 Å². The number of anilines is 1. The highest BCUT2D eigenvalue weighted by Crippen LogP contribution is 2.28. The zero-order valence-corrected chi connectivity index (χ0v) is 12.1. The molecule has 1 aromatic heterocycles. The number of aromatic amines is 1. The number of hydrogen-bond acceptors (Lipinski definition) is 4. The van der Waals surface area contributed by atoms with Crippen LogP contribution in [0.3, 0.4) is 0 Å². The maximum absolute atomic E-state index is 12.4. The predicted octanol–water partition coefficient (Wildman–Crippen LogP) is 2.59. The number of ether oxygens (including phenoxy) is 2. The van der Waals surface area contributed by atoms with Crippen LogP contribution in [-0.4, -0.2) is 29.8 Å². The monoisotopic (exact) mass is 329 g/mol. The van der Waals surface area contributed by atoms with E-state index in [1.54, 1.807) is 36.5 Å². The van der Waals surface area contributed by atoms with Crippen molar-refractivity contribution in [1.82, 2.24) is 10.2 Å². The molecule has 2 N–H and O–H groups in total. The minimum absolute atomic E-state index is 0.186. The van der Waals surface area contributed by atoms with Gasteiger partial charge in [0, 0.05) is 6.07 Å². The van der Waals surface area contributed by atoms with Gasteiger partial charge < -0.3 is 14.8 Å². The van der Waals surface area contributed by atoms with Crippen molar-refractivity contribution in [2.45, 2.75) is 12.8 Å². The van der Waals surface area contributed by atoms with E-state index in [1.807, 2.05) is 0 Å². The third kappa shape index (κ3) is 4.99. The maximum Gasteiger partial charge on any atom is 0.432 e. The van der Waals surface area contributed by atoms with E-state index in [9.17, 15) is 18.0 Å². The molecular weight excluding hydrogens is 315 g/mol. The van der Waals surface area contributed by atoms with Crippen molar-refractivity contribution in [3.05, 3.63) is 41.6 Å². The molecule has 0 spiro atoms. The average molecular weight is 329 g/mol. The van der Waals surface area contributed by atoms with Crippen LogP contribution in [0.4, 0.5) is 19.0 Å². The lowest BCUT2D eigenvalue weighted by Crippen LogP contribution is -2.18. The summed E-state index contributed by atoms with van der Waals surface area (Å²) in [5.41, 5.74) is -0.204. The highest BCUT2D eigenvalue weighted by atomic mass is 19.4. The van der Waals surface area contributed by atoms with Gasteiger partial charge in [0.1, 0.15) is 18.1 Å². The van der Waals surface area contributed by atoms with Gasteiger partial charge in [-0.25, -0.2) is 0 Å². The first-order chi connectivity index (χ1) is 10.9. The zero-order valence-electron chi connectivity index (χ0n) is 12.1. The molecule has 1 aromatic carbocycles. The van der Waals surface area contributed by atoms with E-state index in [4.69, 9.17) is 9.47 Å². The molecule has 0 saturated carbocycles. The molecule has 0 aliphatic carbocycles. The Hall–Kier alpha value is -2.55. The summed E-state index contributed by atoms with van der Waals surface area (Å²) in [6, 6.07) is 7.77. The molecule has 0 fully saturated rings. The summed E-state index contributed by atoms with van der Waals surface area (Å²) in [6.07, 6.45) is -4.54. The van der Waals surface area contributed by atoms with Crippen LogP contribution < -0.4 is 10.1 Å². The fourth-order valence-corrected chi connectivity index (χ4v) is 1.69. The second kappa shape index (κ2) is 7.14. The molecule has 2 rings (SSSR count). The number of nitrogens with zero attached hydrogens (tertiary/aromatic N) is 1. The van der Waals surface area contributed by atoms with Crippen molar-refractivity contribution in [1.29, 1.82) is 0 Å². The number of carbonyl (C=O) groups is 1. The van der Waals surface area contributed by atoms with Gasteiger partial charge in [0.05, 0.1) is 13.7 Å². The highest BCUT2D eigenvalue weighted by Gasteiger charge is 2.33. The van der Waals surface area contributed by atoms with E-state index in [0.29, 0.717) is 11.8 Å². The van der Waals surface area contributed by atoms with E-state index in [1.165, 1.54) is 0 Å². The Kier molecular flexibility index (Phi) is 5.22. The quantitative estimate of drug-likeness (QED) is 0.854. The number of carbonyl (C=O) groups excluding carboxylic acids is 1. The molecule has 124 valence electrons. The van der Waals surface area contributed by atoms with Crippen LogP contribution in [0.2, 0.25) is 0 Å². The van der Waals surface area contributed by atoms with Gasteiger partial charge in [-0.3, -0.25) is 9.89 Å². The minimum Gasteiger partial charge on any atom is -0.497 e. The van der Waals surface area contributed by atoms with Crippen LogP contribution in [0.15, 0.2) is 30.3 Å². The summed E-state index contributed by atoms with van der Waals surface area (Å²) in [7, 11) is 1.55. The molecule has 0 saturated heterocycles. The van der Waals surface area contributed by atoms with Crippen molar-refractivity contribution < 1.29 is 27.4 Å². The van der Waals surface area contributed by atoms with Gasteiger partial charge in [-0.05, 0) is 17.7 Å². The standard InChI is InChI=1S/C14H14F3N3O3/c1-22-10-4-2-9(3-5-10)7-23-8-13(21)18-12-6-11(19-20-12)14(15,16)17/h2-6H,7-8H2,1H3,(H2,18,19,20,21). The molecule has 0 aliphatic heterocycles. The number of benzene rings is 1. The fourth-order valence-electron chi connectivity index (χ4n) is 1.69. The lowest BCUT2D eigenvalue weighted by Gasteiger charge is -2.05. The number of H-pyrrole nitrogens is 1. The molecule has 0 unspecified atom stereocenters. The van der Waals surface area contributed by atoms with Crippen LogP contribution in [0.25, 0.3) is 0 Å². The van der Waals surface area contributed by atoms with Crippen LogP contribution >= 0.6 is 0 Å². The SMILES string of the molecule is COc1ccc(COCC(=O)Nc2cc(C(F)(F)F)[nH]n2)cc1. The average Bonchev–Trinajstić information content (AvgIpc) is 2.96. The van der Waals surface area contributed by atoms with Gasteiger partial charge in [-0.15, -0.1) is 0 Å². The molecular formula is C14H14F3N3O3. The minimum atomic E-state index is -4.54. The molecule has 0 bridgehead atoms. The Morgan fingerprint density at radius 2 is 2.00 bits per heavy atom. The second-order valence-corrected chi connectivity index (χ2v) is 4.55. The number of methoxy groups -OCH3 is 1. The van der Waals surface area contributed by atoms with Crippen LogP contribution in [0.1, 0.15) is 11.3 Å². The third-order valence-corrected chi connectivity index (χ3v) is 2.81. The summed E-state index contributed by atoms with van der Waals surface area (Å²) >= 11 is 0. The third-order valence-electron chi connectivity index (χ3n) is 2.81. The van der Waals surface area contributed by atoms with E-state index in [0.717, 1.165) is 5.56 Å². The van der Waals surface area contributed by atoms with Crippen molar-refractivity contribution >= 4 is 11.7 Å². The normalized spacial score (nSPS) is 11.3. The van der Waals surface area contributed by atoms with Crippen LogP contribution in [-0.2, 0) is 22.3 Å². The summed E-state index contributed by atoms with van der Waals surface area (Å²) in [5, 5.41) is 7.38. The van der Waals surface area contributed by atoms with Crippen LogP contribution in [0.5, 0.6) is 5.75 Å². The molecule has 0 aliphatic rings.